The Hall–Kier alpha value is -0.570. The highest BCUT2D eigenvalue weighted by molar-refractivity contribution is 5.80. The first kappa shape index (κ1) is 13.4. The molecule has 0 rings (SSSR count). The molecule has 0 radical (unpaired) electrons. The van der Waals surface area contributed by atoms with Crippen molar-refractivity contribution in [1.29, 1.82) is 0 Å². The molecule has 0 aliphatic heterocycles. The SMILES string of the molecule is CC(C)CC(C)NC(C)C(=O)N(C)C. The number of hydrogen-bond donors (Lipinski definition) is 1. The quantitative estimate of drug-likeness (QED) is 0.729. The number of likely N-dealkylation sites (N-methyl/N-ethyl adjacent to an activating group) is 1. The van der Waals surface area contributed by atoms with Crippen molar-refractivity contribution in [3.05, 3.63) is 0 Å². The van der Waals surface area contributed by atoms with Crippen LogP contribution in [-0.4, -0.2) is 37.0 Å². The molecule has 0 aromatic carbocycles. The molecule has 2 atom stereocenters. The molecule has 0 bridgehead atoms. The first-order chi connectivity index (χ1) is 6.34. The van der Waals surface area contributed by atoms with E-state index in [2.05, 4.69) is 26.1 Å². The monoisotopic (exact) mass is 200 g/mol. The van der Waals surface area contributed by atoms with Crippen LogP contribution in [0.5, 0.6) is 0 Å². The second-order valence-electron chi connectivity index (χ2n) is 4.65. The Morgan fingerprint density at radius 2 is 1.71 bits per heavy atom. The number of rotatable bonds is 5. The maximum absolute atomic E-state index is 11.5. The smallest absolute Gasteiger partial charge is 0.238 e. The lowest BCUT2D eigenvalue weighted by molar-refractivity contribution is -0.130. The molecule has 3 nitrogen and oxygen atoms in total. The molecular formula is C11H24N2O. The van der Waals surface area contributed by atoms with E-state index in [0.717, 1.165) is 6.42 Å². The summed E-state index contributed by atoms with van der Waals surface area (Å²) in [5.74, 6) is 0.805. The van der Waals surface area contributed by atoms with Crippen molar-refractivity contribution in [3.8, 4) is 0 Å². The second-order valence-corrected chi connectivity index (χ2v) is 4.65. The van der Waals surface area contributed by atoms with Gasteiger partial charge in [-0.3, -0.25) is 4.79 Å². The van der Waals surface area contributed by atoms with E-state index in [-0.39, 0.29) is 11.9 Å². The van der Waals surface area contributed by atoms with Crippen LogP contribution >= 0.6 is 0 Å². The maximum atomic E-state index is 11.5. The van der Waals surface area contributed by atoms with Crippen LogP contribution in [0.15, 0.2) is 0 Å². The standard InChI is InChI=1S/C11H24N2O/c1-8(2)7-9(3)12-10(4)11(14)13(5)6/h8-10,12H,7H2,1-6H3. The molecule has 0 fully saturated rings. The zero-order valence-corrected chi connectivity index (χ0v) is 10.3. The van der Waals surface area contributed by atoms with Gasteiger partial charge in [-0.1, -0.05) is 13.8 Å². The summed E-state index contributed by atoms with van der Waals surface area (Å²) in [6.07, 6.45) is 1.10. The van der Waals surface area contributed by atoms with Gasteiger partial charge < -0.3 is 10.2 Å². The van der Waals surface area contributed by atoms with E-state index in [1.165, 1.54) is 0 Å². The Labute approximate surface area is 87.9 Å². The fourth-order valence-corrected chi connectivity index (χ4v) is 1.66. The normalized spacial score (nSPS) is 15.4. The number of carbonyl (C=O) groups is 1. The highest BCUT2D eigenvalue weighted by Crippen LogP contribution is 2.04. The highest BCUT2D eigenvalue weighted by Gasteiger charge is 2.16. The number of nitrogens with one attached hydrogen (secondary N) is 1. The Morgan fingerprint density at radius 1 is 1.21 bits per heavy atom. The van der Waals surface area contributed by atoms with E-state index in [0.29, 0.717) is 12.0 Å². The zero-order chi connectivity index (χ0) is 11.3. The zero-order valence-electron chi connectivity index (χ0n) is 10.3. The second kappa shape index (κ2) is 6.02. The van der Waals surface area contributed by atoms with Crippen LogP contribution in [0.4, 0.5) is 0 Å². The van der Waals surface area contributed by atoms with Crippen LogP contribution in [0, 0.1) is 5.92 Å². The Morgan fingerprint density at radius 3 is 2.07 bits per heavy atom. The lowest BCUT2D eigenvalue weighted by Crippen LogP contribution is -2.45. The third-order valence-corrected chi connectivity index (χ3v) is 2.17. The summed E-state index contributed by atoms with van der Waals surface area (Å²) < 4.78 is 0. The van der Waals surface area contributed by atoms with Gasteiger partial charge >= 0.3 is 0 Å². The van der Waals surface area contributed by atoms with E-state index >= 15 is 0 Å². The van der Waals surface area contributed by atoms with Gasteiger partial charge in [0.25, 0.3) is 0 Å². The van der Waals surface area contributed by atoms with Gasteiger partial charge in [-0.15, -0.1) is 0 Å². The average Bonchev–Trinajstić information content (AvgIpc) is 2.00. The maximum Gasteiger partial charge on any atom is 0.238 e. The Bertz CT molecular complexity index is 178. The van der Waals surface area contributed by atoms with Gasteiger partial charge in [-0.05, 0) is 26.2 Å². The minimum atomic E-state index is -0.0845. The minimum Gasteiger partial charge on any atom is -0.347 e. The summed E-state index contributed by atoms with van der Waals surface area (Å²) >= 11 is 0. The molecular weight excluding hydrogens is 176 g/mol. The van der Waals surface area contributed by atoms with Crippen molar-refractivity contribution < 1.29 is 4.79 Å². The van der Waals surface area contributed by atoms with Crippen LogP contribution in [0.1, 0.15) is 34.1 Å². The largest absolute Gasteiger partial charge is 0.347 e. The average molecular weight is 200 g/mol. The Balaban J connectivity index is 3.93. The minimum absolute atomic E-state index is 0.0845. The van der Waals surface area contributed by atoms with Crippen LogP contribution < -0.4 is 5.32 Å². The van der Waals surface area contributed by atoms with Crippen molar-refractivity contribution >= 4 is 5.91 Å². The molecule has 0 aromatic heterocycles. The molecule has 0 saturated carbocycles. The molecule has 3 heteroatoms. The number of amides is 1. The molecule has 0 saturated heterocycles. The molecule has 1 amide bonds. The number of nitrogens with zero attached hydrogens (tertiary/aromatic N) is 1. The fraction of sp³-hybridized carbons (Fsp3) is 0.909. The van der Waals surface area contributed by atoms with Crippen molar-refractivity contribution in [2.24, 2.45) is 5.92 Å². The molecule has 0 spiro atoms. The van der Waals surface area contributed by atoms with Crippen molar-refractivity contribution in [2.45, 2.75) is 46.2 Å². The van der Waals surface area contributed by atoms with Crippen LogP contribution in [0.2, 0.25) is 0 Å². The van der Waals surface area contributed by atoms with Gasteiger partial charge in [0.2, 0.25) is 5.91 Å². The summed E-state index contributed by atoms with van der Waals surface area (Å²) in [5, 5.41) is 3.30. The summed E-state index contributed by atoms with van der Waals surface area (Å²) in [5.41, 5.74) is 0. The van der Waals surface area contributed by atoms with E-state index in [1.807, 2.05) is 6.92 Å². The molecule has 0 heterocycles. The van der Waals surface area contributed by atoms with E-state index in [9.17, 15) is 4.79 Å². The lowest BCUT2D eigenvalue weighted by Gasteiger charge is -2.23. The molecule has 84 valence electrons. The van der Waals surface area contributed by atoms with Gasteiger partial charge in [0.15, 0.2) is 0 Å². The van der Waals surface area contributed by atoms with E-state index in [1.54, 1.807) is 19.0 Å². The van der Waals surface area contributed by atoms with Crippen molar-refractivity contribution in [1.82, 2.24) is 10.2 Å². The summed E-state index contributed by atoms with van der Waals surface area (Å²) in [4.78, 5) is 13.2. The first-order valence-corrected chi connectivity index (χ1v) is 5.31. The number of hydrogen-bond acceptors (Lipinski definition) is 2. The van der Waals surface area contributed by atoms with Gasteiger partial charge in [-0.2, -0.15) is 0 Å². The third-order valence-electron chi connectivity index (χ3n) is 2.17. The Kier molecular flexibility index (Phi) is 5.77. The fourth-order valence-electron chi connectivity index (χ4n) is 1.66. The highest BCUT2D eigenvalue weighted by atomic mass is 16.2. The summed E-state index contributed by atoms with van der Waals surface area (Å²) in [6, 6.07) is 0.313. The van der Waals surface area contributed by atoms with Crippen LogP contribution in [0.3, 0.4) is 0 Å². The summed E-state index contributed by atoms with van der Waals surface area (Å²) in [7, 11) is 3.57. The van der Waals surface area contributed by atoms with Gasteiger partial charge in [0, 0.05) is 20.1 Å². The third kappa shape index (κ3) is 5.22. The predicted molar refractivity (Wildman–Crippen MR) is 60.2 cm³/mol. The van der Waals surface area contributed by atoms with Gasteiger partial charge in [-0.25, -0.2) is 0 Å². The van der Waals surface area contributed by atoms with Crippen molar-refractivity contribution in [3.63, 3.8) is 0 Å². The van der Waals surface area contributed by atoms with Crippen molar-refractivity contribution in [2.75, 3.05) is 14.1 Å². The van der Waals surface area contributed by atoms with E-state index < -0.39 is 0 Å². The number of carbonyl (C=O) groups excluding carboxylic acids is 1. The molecule has 2 unspecified atom stereocenters. The lowest BCUT2D eigenvalue weighted by atomic mass is 10.0. The molecule has 14 heavy (non-hydrogen) atoms. The molecule has 0 aliphatic carbocycles. The topological polar surface area (TPSA) is 32.3 Å². The molecule has 0 aromatic rings. The molecule has 0 aliphatic rings. The summed E-state index contributed by atoms with van der Waals surface area (Å²) in [6.45, 7) is 8.42. The van der Waals surface area contributed by atoms with Crippen LogP contribution in [-0.2, 0) is 4.79 Å². The molecule has 1 N–H and O–H groups in total. The van der Waals surface area contributed by atoms with E-state index in [4.69, 9.17) is 0 Å². The van der Waals surface area contributed by atoms with Crippen LogP contribution in [0.25, 0.3) is 0 Å². The van der Waals surface area contributed by atoms with Gasteiger partial charge in [0.05, 0.1) is 6.04 Å². The first-order valence-electron chi connectivity index (χ1n) is 5.31. The van der Waals surface area contributed by atoms with Gasteiger partial charge in [0.1, 0.15) is 0 Å². The predicted octanol–water partition coefficient (Wildman–Crippen LogP) is 1.49.